The monoisotopic (exact) mass is 289 g/mol. The fraction of sp³-hybridized carbons (Fsp3) is 0.375. The molecule has 5 nitrogen and oxygen atoms in total. The highest BCUT2D eigenvalue weighted by Gasteiger charge is 2.24. The van der Waals surface area contributed by atoms with Gasteiger partial charge < -0.3 is 15.2 Å². The molecule has 0 heterocycles. The summed E-state index contributed by atoms with van der Waals surface area (Å²) in [7, 11) is 1.52. The Morgan fingerprint density at radius 2 is 1.95 bits per heavy atom. The smallest absolute Gasteiger partial charge is 0.352 e. The zero-order valence-electron chi connectivity index (χ0n) is 12.0. The molecule has 1 aliphatic rings. The lowest BCUT2D eigenvalue weighted by molar-refractivity contribution is -0.135. The molecule has 0 aromatic heterocycles. The Balaban J connectivity index is 2.20. The van der Waals surface area contributed by atoms with Gasteiger partial charge in [0.2, 0.25) is 5.91 Å². The van der Waals surface area contributed by atoms with Gasteiger partial charge in [-0.3, -0.25) is 4.79 Å². The number of ether oxygens (including phenoxy) is 1. The third-order valence-corrected chi connectivity index (χ3v) is 3.65. The van der Waals surface area contributed by atoms with Gasteiger partial charge in [-0.05, 0) is 25.0 Å². The van der Waals surface area contributed by atoms with E-state index in [-0.39, 0.29) is 17.5 Å². The van der Waals surface area contributed by atoms with Gasteiger partial charge in [0.05, 0.1) is 7.11 Å². The van der Waals surface area contributed by atoms with Crippen LogP contribution in [0, 0.1) is 5.92 Å². The second-order valence-corrected chi connectivity index (χ2v) is 5.08. The Kier molecular flexibility index (Phi) is 4.98. The fourth-order valence-electron chi connectivity index (χ4n) is 2.52. The molecule has 1 saturated carbocycles. The molecule has 0 radical (unpaired) electrons. The van der Waals surface area contributed by atoms with E-state index in [9.17, 15) is 14.7 Å². The number of hydrogen-bond donors (Lipinski definition) is 2. The first-order chi connectivity index (χ1) is 10.1. The molecule has 0 unspecified atom stereocenters. The molecule has 1 aliphatic carbocycles. The van der Waals surface area contributed by atoms with E-state index in [4.69, 9.17) is 4.74 Å². The summed E-state index contributed by atoms with van der Waals surface area (Å²) >= 11 is 0. The summed E-state index contributed by atoms with van der Waals surface area (Å²) < 4.78 is 5.18. The van der Waals surface area contributed by atoms with Crippen LogP contribution >= 0.6 is 0 Å². The van der Waals surface area contributed by atoms with Gasteiger partial charge >= 0.3 is 5.97 Å². The van der Waals surface area contributed by atoms with Crippen LogP contribution in [-0.2, 0) is 9.59 Å². The van der Waals surface area contributed by atoms with Gasteiger partial charge in [0.15, 0.2) is 0 Å². The minimum Gasteiger partial charge on any atom is -0.496 e. The average molecular weight is 289 g/mol. The van der Waals surface area contributed by atoms with Crippen molar-refractivity contribution in [3.8, 4) is 5.75 Å². The minimum absolute atomic E-state index is 0.0783. The van der Waals surface area contributed by atoms with Crippen molar-refractivity contribution >= 4 is 18.0 Å². The van der Waals surface area contributed by atoms with Crippen molar-refractivity contribution in [2.75, 3.05) is 7.11 Å². The van der Waals surface area contributed by atoms with Gasteiger partial charge in [-0.25, -0.2) is 4.79 Å². The van der Waals surface area contributed by atoms with Crippen molar-refractivity contribution < 1.29 is 19.4 Å². The quantitative estimate of drug-likeness (QED) is 0.816. The molecular formula is C16H19NO4. The molecule has 5 heteroatoms. The van der Waals surface area contributed by atoms with Crippen LogP contribution in [0.15, 0.2) is 30.0 Å². The Hall–Kier alpha value is -2.30. The van der Waals surface area contributed by atoms with Gasteiger partial charge in [-0.2, -0.15) is 0 Å². The van der Waals surface area contributed by atoms with Crippen molar-refractivity contribution in [1.29, 1.82) is 0 Å². The predicted octanol–water partition coefficient (Wildman–Crippen LogP) is 2.43. The van der Waals surface area contributed by atoms with Gasteiger partial charge in [0.25, 0.3) is 0 Å². The molecule has 0 saturated heterocycles. The molecule has 2 rings (SSSR count). The maximum Gasteiger partial charge on any atom is 0.352 e. The number of carbonyl (C=O) groups is 2. The van der Waals surface area contributed by atoms with Crippen molar-refractivity contribution in [2.45, 2.75) is 25.7 Å². The van der Waals surface area contributed by atoms with Gasteiger partial charge in [0, 0.05) is 11.5 Å². The molecule has 0 aliphatic heterocycles. The van der Waals surface area contributed by atoms with Crippen LogP contribution in [-0.4, -0.2) is 24.1 Å². The van der Waals surface area contributed by atoms with Crippen molar-refractivity contribution in [2.24, 2.45) is 5.92 Å². The van der Waals surface area contributed by atoms with Crippen LogP contribution in [0.2, 0.25) is 0 Å². The number of nitrogens with one attached hydrogen (secondary N) is 1. The standard InChI is InChI=1S/C16H19NO4/c1-21-14-9-5-4-8-12(14)10-13(16(19)20)17-15(18)11-6-2-3-7-11/h4-5,8-11H,2-3,6-7H2,1H3,(H,17,18)(H,19,20)/b13-10+. The molecule has 0 spiro atoms. The summed E-state index contributed by atoms with van der Waals surface area (Å²) in [5.74, 6) is -0.889. The number of hydrogen-bond acceptors (Lipinski definition) is 3. The second kappa shape index (κ2) is 6.92. The van der Waals surface area contributed by atoms with Gasteiger partial charge in [-0.15, -0.1) is 0 Å². The van der Waals surface area contributed by atoms with E-state index in [1.165, 1.54) is 13.2 Å². The zero-order chi connectivity index (χ0) is 15.2. The maximum absolute atomic E-state index is 12.1. The largest absolute Gasteiger partial charge is 0.496 e. The van der Waals surface area contributed by atoms with Crippen molar-refractivity contribution in [3.05, 3.63) is 35.5 Å². The topological polar surface area (TPSA) is 75.6 Å². The summed E-state index contributed by atoms with van der Waals surface area (Å²) in [6.07, 6.45) is 5.13. The number of aliphatic carboxylic acids is 1. The van der Waals surface area contributed by atoms with Crippen molar-refractivity contribution in [1.82, 2.24) is 5.32 Å². The SMILES string of the molecule is COc1ccccc1/C=C(/NC(=O)C1CCCC1)C(=O)O. The van der Waals surface area contributed by atoms with Crippen molar-refractivity contribution in [3.63, 3.8) is 0 Å². The molecule has 1 amide bonds. The van der Waals surface area contributed by atoms with E-state index in [2.05, 4.69) is 5.32 Å². The first-order valence-electron chi connectivity index (χ1n) is 7.00. The predicted molar refractivity (Wildman–Crippen MR) is 78.7 cm³/mol. The molecule has 112 valence electrons. The van der Waals surface area contributed by atoms with E-state index in [1.807, 2.05) is 0 Å². The average Bonchev–Trinajstić information content (AvgIpc) is 3.01. The molecule has 2 N–H and O–H groups in total. The molecule has 21 heavy (non-hydrogen) atoms. The molecular weight excluding hydrogens is 270 g/mol. The number of benzene rings is 1. The summed E-state index contributed by atoms with van der Waals surface area (Å²) in [6.45, 7) is 0. The Labute approximate surface area is 123 Å². The van der Waals surface area contributed by atoms with Crippen LogP contribution in [0.1, 0.15) is 31.2 Å². The number of carboxylic acid groups (broad SMARTS) is 1. The highest BCUT2D eigenvalue weighted by atomic mass is 16.5. The summed E-state index contributed by atoms with van der Waals surface area (Å²) in [6, 6.07) is 7.06. The van der Waals surface area contributed by atoms with Gasteiger partial charge in [-0.1, -0.05) is 31.0 Å². The number of amides is 1. The Morgan fingerprint density at radius 3 is 2.57 bits per heavy atom. The third kappa shape index (κ3) is 3.84. The molecule has 1 fully saturated rings. The van der Waals surface area contributed by atoms with E-state index >= 15 is 0 Å². The Bertz CT molecular complexity index is 559. The van der Waals surface area contributed by atoms with E-state index < -0.39 is 5.97 Å². The first kappa shape index (κ1) is 15.1. The number of carboxylic acids is 1. The van der Waals surface area contributed by atoms with E-state index in [0.717, 1.165) is 25.7 Å². The summed E-state index contributed by atoms with van der Waals surface area (Å²) in [5.41, 5.74) is 0.487. The van der Waals surface area contributed by atoms with Gasteiger partial charge in [0.1, 0.15) is 11.4 Å². The molecule has 0 bridgehead atoms. The fourth-order valence-corrected chi connectivity index (χ4v) is 2.52. The van der Waals surface area contributed by atoms with Crippen LogP contribution in [0.25, 0.3) is 6.08 Å². The first-order valence-corrected chi connectivity index (χ1v) is 7.00. The summed E-state index contributed by atoms with van der Waals surface area (Å²) in [5, 5.41) is 11.8. The molecule has 1 aromatic rings. The lowest BCUT2D eigenvalue weighted by Gasteiger charge is -2.11. The molecule has 0 atom stereocenters. The van der Waals surface area contributed by atoms with Crippen LogP contribution < -0.4 is 10.1 Å². The number of para-hydroxylation sites is 1. The lowest BCUT2D eigenvalue weighted by atomic mass is 10.1. The highest BCUT2D eigenvalue weighted by Crippen LogP contribution is 2.25. The second-order valence-electron chi connectivity index (χ2n) is 5.08. The van der Waals surface area contributed by atoms with Crippen LogP contribution in [0.5, 0.6) is 5.75 Å². The van der Waals surface area contributed by atoms with E-state index in [1.54, 1.807) is 24.3 Å². The minimum atomic E-state index is -1.16. The lowest BCUT2D eigenvalue weighted by Crippen LogP contribution is -2.31. The highest BCUT2D eigenvalue weighted by molar-refractivity contribution is 5.97. The Morgan fingerprint density at radius 1 is 1.29 bits per heavy atom. The summed E-state index contributed by atoms with van der Waals surface area (Å²) in [4.78, 5) is 23.4. The maximum atomic E-state index is 12.1. The third-order valence-electron chi connectivity index (χ3n) is 3.65. The van der Waals surface area contributed by atoms with Crippen LogP contribution in [0.4, 0.5) is 0 Å². The number of rotatable bonds is 5. The molecule has 1 aromatic carbocycles. The number of carbonyl (C=O) groups excluding carboxylic acids is 1. The van der Waals surface area contributed by atoms with E-state index in [0.29, 0.717) is 11.3 Å². The van der Waals surface area contributed by atoms with Crippen LogP contribution in [0.3, 0.4) is 0 Å². The number of methoxy groups -OCH3 is 1. The zero-order valence-corrected chi connectivity index (χ0v) is 12.0. The normalized spacial score (nSPS) is 15.8.